The molecule has 0 aromatic heterocycles. The van der Waals surface area contributed by atoms with E-state index < -0.39 is 21.3 Å². The highest BCUT2D eigenvalue weighted by atomic mass is 31.1. The van der Waals surface area contributed by atoms with Crippen LogP contribution in [0, 0.1) is 25.2 Å². The van der Waals surface area contributed by atoms with Crippen molar-refractivity contribution in [3.63, 3.8) is 0 Å². The highest BCUT2D eigenvalue weighted by Gasteiger charge is 2.42. The molecule has 12 N–H and O–H groups in total. The summed E-state index contributed by atoms with van der Waals surface area (Å²) in [7, 11) is 12.8. The molecule has 6 aromatic carbocycles. The lowest BCUT2D eigenvalue weighted by atomic mass is 9.72. The molecule has 0 aliphatic carbocycles. The summed E-state index contributed by atoms with van der Waals surface area (Å²) < 4.78 is 7.91. The van der Waals surface area contributed by atoms with E-state index in [2.05, 4.69) is 198 Å². The second-order valence-corrected chi connectivity index (χ2v) is 26.8. The molecule has 0 radical (unpaired) electrons. The molecule has 0 saturated heterocycles. The lowest BCUT2D eigenvalue weighted by molar-refractivity contribution is 0.421. The first-order chi connectivity index (χ1) is 34.6. The molecule has 0 unspecified atom stereocenters. The molecule has 0 saturated carbocycles. The first-order valence-corrected chi connectivity index (χ1v) is 27.7. The number of hydrogen-bond acceptors (Lipinski definition) is 13. The van der Waals surface area contributed by atoms with Crippen LogP contribution in [0.4, 0.5) is 22.7 Å². The molecule has 13 nitrogen and oxygen atoms in total. The highest BCUT2D eigenvalue weighted by Crippen LogP contribution is 2.54. The third-order valence-corrected chi connectivity index (χ3v) is 18.1. The number of benzene rings is 6. The Morgan fingerprint density at radius 3 is 0.905 bits per heavy atom. The normalized spacial score (nSPS) is 13.3. The van der Waals surface area contributed by atoms with E-state index in [1.807, 2.05) is 76.0 Å². The van der Waals surface area contributed by atoms with Crippen molar-refractivity contribution >= 4 is 70.4 Å². The van der Waals surface area contributed by atoms with E-state index in [9.17, 15) is 0 Å². The standard InChI is InChI=1S/C59H80N12OP2/c1-57(2,3)37-29-47-51(49(31-37)73(43-25-17-21-39(33-43)64-53(60)68(9)10)44-26-18-22-40(34-44)65-54(61)69(11)12)72-52-48(59(47,7)8)30-38(58(4,5)6)32-50(52)74(45-27-19-23-41(35-45)66-55(62)70(13)14)46-28-20-24-42(36-46)67-56(63)71(15)16/h17-36,64-67H,60-63H2,1-16H3/q+4. The van der Waals surface area contributed by atoms with E-state index in [4.69, 9.17) is 27.7 Å². The Balaban J connectivity index is 1.56. The summed E-state index contributed by atoms with van der Waals surface area (Å²) in [6.45, 7) is 18.5. The summed E-state index contributed by atoms with van der Waals surface area (Å²) in [6.07, 6.45) is 2.17. The van der Waals surface area contributed by atoms with Gasteiger partial charge >= 0.3 is 25.2 Å². The number of ether oxygens (including phenoxy) is 1. The average molecular weight is 1040 g/mol. The van der Waals surface area contributed by atoms with Gasteiger partial charge in [-0.2, -0.15) is 21.3 Å². The smallest absolute Gasteiger partial charge is 0.369 e. The lowest BCUT2D eigenvalue weighted by Crippen LogP contribution is -2.36. The maximum atomic E-state index is 7.91. The van der Waals surface area contributed by atoms with Gasteiger partial charge in [-0.3, -0.25) is 0 Å². The molecule has 1 aliphatic heterocycles. The molecule has 7 rings (SSSR count). The summed E-state index contributed by atoms with van der Waals surface area (Å²) in [4.78, 5) is 7.50. The fourth-order valence-corrected chi connectivity index (χ4v) is 13.6. The minimum Gasteiger partial charge on any atom is -0.455 e. The van der Waals surface area contributed by atoms with E-state index in [-0.39, 0.29) is 10.8 Å². The zero-order valence-electron chi connectivity index (χ0n) is 46.4. The summed E-state index contributed by atoms with van der Waals surface area (Å²) in [6, 6.07) is 44.1. The van der Waals surface area contributed by atoms with Gasteiger partial charge in [0.05, 0.1) is 22.7 Å². The number of nitrogens with one attached hydrogen (secondary N) is 4. The molecule has 0 spiro atoms. The molecule has 0 atom stereocenters. The minimum atomic E-state index is -1.32. The van der Waals surface area contributed by atoms with Gasteiger partial charge in [0.2, 0.25) is 0 Å². The SMILES string of the molecule is CN(C)[C+](N)Nc1cccc(P(c2cccc(N[C+](N)N(C)C)c2)c2cc(C(C)(C)C)cc3c2Oc2c(P(c4cccc(N[C+](N)N(C)C)c4)c4cccc(N[C+](N)N(C)C)c4)cc(C(C)(C)C)cc2C3(C)C)c1. The molecular formula is C59H80N12OP2+4. The Bertz CT molecular complexity index is 2600. The maximum Gasteiger partial charge on any atom is 0.369 e. The van der Waals surface area contributed by atoms with Crippen LogP contribution >= 0.6 is 15.8 Å². The van der Waals surface area contributed by atoms with Gasteiger partial charge in [-0.1, -0.05) is 116 Å². The quantitative estimate of drug-likeness (QED) is 0.0311. The number of hydrogen-bond donors (Lipinski definition) is 8. The number of nitrogens with two attached hydrogens (primary N) is 4. The average Bonchev–Trinajstić information content (AvgIpc) is 3.31. The Morgan fingerprint density at radius 1 is 0.419 bits per heavy atom. The van der Waals surface area contributed by atoms with Gasteiger partial charge in [-0.15, -0.1) is 42.5 Å². The highest BCUT2D eigenvalue weighted by molar-refractivity contribution is 7.80. The number of nitrogens with zero attached hydrogens (tertiary/aromatic N) is 4. The van der Waals surface area contributed by atoms with Crippen molar-refractivity contribution < 1.29 is 4.74 Å². The van der Waals surface area contributed by atoms with Crippen molar-refractivity contribution in [3.8, 4) is 11.5 Å². The minimum absolute atomic E-state index is 0.205. The summed E-state index contributed by atoms with van der Waals surface area (Å²) >= 11 is 0. The molecule has 15 heteroatoms. The van der Waals surface area contributed by atoms with Gasteiger partial charge in [0.25, 0.3) is 0 Å². The number of anilines is 4. The van der Waals surface area contributed by atoms with Crippen molar-refractivity contribution in [1.29, 1.82) is 0 Å². The van der Waals surface area contributed by atoms with Gasteiger partial charge in [-0.25, -0.2) is 0 Å². The van der Waals surface area contributed by atoms with E-state index in [0.717, 1.165) is 77.2 Å². The van der Waals surface area contributed by atoms with E-state index in [1.165, 1.54) is 11.1 Å². The van der Waals surface area contributed by atoms with Crippen molar-refractivity contribution in [2.75, 3.05) is 77.6 Å². The predicted octanol–water partition coefficient (Wildman–Crippen LogP) is 7.75. The Hall–Kier alpha value is -5.66. The van der Waals surface area contributed by atoms with Crippen LogP contribution in [0.15, 0.2) is 121 Å². The fourth-order valence-electron chi connectivity index (χ4n) is 8.60. The predicted molar refractivity (Wildman–Crippen MR) is 319 cm³/mol. The second kappa shape index (κ2) is 22.3. The molecule has 0 amide bonds. The van der Waals surface area contributed by atoms with E-state index >= 15 is 0 Å². The number of fused-ring (bicyclic) bond motifs is 2. The van der Waals surface area contributed by atoms with Crippen molar-refractivity contribution in [1.82, 2.24) is 19.6 Å². The Kier molecular flexibility index (Phi) is 16.9. The largest absolute Gasteiger partial charge is 0.455 e. The van der Waals surface area contributed by atoms with Crippen molar-refractivity contribution in [3.05, 3.63) is 169 Å². The monoisotopic (exact) mass is 1030 g/mol. The van der Waals surface area contributed by atoms with Crippen LogP contribution in [-0.4, -0.2) is 76.0 Å². The molecule has 6 aromatic rings. The van der Waals surface area contributed by atoms with Crippen LogP contribution in [0.25, 0.3) is 0 Å². The van der Waals surface area contributed by atoms with Crippen molar-refractivity contribution in [2.24, 2.45) is 22.9 Å². The van der Waals surface area contributed by atoms with Crippen LogP contribution in [0.1, 0.15) is 77.6 Å². The third kappa shape index (κ3) is 12.5. The Labute approximate surface area is 445 Å². The first kappa shape index (κ1) is 56.1. The maximum absolute atomic E-state index is 7.91. The first-order valence-electron chi connectivity index (χ1n) is 25.0. The van der Waals surface area contributed by atoms with Crippen LogP contribution in [0.5, 0.6) is 11.5 Å². The molecule has 388 valence electrons. The summed E-state index contributed by atoms with van der Waals surface area (Å²) in [5, 5.41) is 20.5. The van der Waals surface area contributed by atoms with Crippen LogP contribution < -0.4 is 80.8 Å². The third-order valence-electron chi connectivity index (χ3n) is 13.3. The van der Waals surface area contributed by atoms with E-state index in [1.54, 1.807) is 0 Å². The second-order valence-electron chi connectivity index (χ2n) is 22.5. The van der Waals surface area contributed by atoms with E-state index in [0.29, 0.717) is 25.2 Å². The summed E-state index contributed by atoms with van der Waals surface area (Å²) in [5.41, 5.74) is 33.5. The van der Waals surface area contributed by atoms with Crippen LogP contribution in [-0.2, 0) is 16.2 Å². The topological polar surface area (TPSA) is 174 Å². The van der Waals surface area contributed by atoms with Crippen LogP contribution in [0.3, 0.4) is 0 Å². The molecule has 0 bridgehead atoms. The molecule has 0 fully saturated rings. The number of rotatable bonds is 18. The molecule has 74 heavy (non-hydrogen) atoms. The van der Waals surface area contributed by atoms with Crippen molar-refractivity contribution in [2.45, 2.75) is 71.6 Å². The summed E-state index contributed by atoms with van der Waals surface area (Å²) in [5.74, 6) is 1.73. The van der Waals surface area contributed by atoms with Crippen LogP contribution in [0.2, 0.25) is 0 Å². The Morgan fingerprint density at radius 2 is 0.676 bits per heavy atom. The van der Waals surface area contributed by atoms with Gasteiger partial charge in [0.1, 0.15) is 11.5 Å². The zero-order valence-corrected chi connectivity index (χ0v) is 48.2. The van der Waals surface area contributed by atoms with Gasteiger partial charge < -0.3 is 4.74 Å². The van der Waals surface area contributed by atoms with Gasteiger partial charge in [-0.05, 0) is 120 Å². The van der Waals surface area contributed by atoms with Gasteiger partial charge in [0, 0.05) is 83.5 Å². The molecule has 1 heterocycles. The lowest BCUT2D eigenvalue weighted by Gasteiger charge is -2.41. The van der Waals surface area contributed by atoms with Gasteiger partial charge in [0.15, 0.2) is 0 Å². The zero-order chi connectivity index (χ0) is 54.2. The molecule has 1 aliphatic rings. The fraction of sp³-hybridized carbons (Fsp3) is 0.322. The molecular weight excluding hydrogens is 955 g/mol.